The van der Waals surface area contributed by atoms with Gasteiger partial charge in [0.15, 0.2) is 0 Å². The normalized spacial score (nSPS) is 15.0. The zero-order chi connectivity index (χ0) is 12.2. The smallest absolute Gasteiger partial charge is 0.237 e. The van der Waals surface area contributed by atoms with Gasteiger partial charge < -0.3 is 5.73 Å². The fourth-order valence-electron chi connectivity index (χ4n) is 1.77. The maximum Gasteiger partial charge on any atom is 0.237 e. The Morgan fingerprint density at radius 3 is 2.75 bits per heavy atom. The lowest BCUT2D eigenvalue weighted by atomic mass is 9.90. The van der Waals surface area contributed by atoms with Gasteiger partial charge in [-0.05, 0) is 30.7 Å². The van der Waals surface area contributed by atoms with E-state index in [1.54, 1.807) is 11.3 Å². The number of primary amides is 1. The number of nitrogens with one attached hydrogen (secondary N) is 1. The van der Waals surface area contributed by atoms with Gasteiger partial charge in [0.05, 0.1) is 5.54 Å². The van der Waals surface area contributed by atoms with Crippen molar-refractivity contribution in [2.75, 3.05) is 0 Å². The van der Waals surface area contributed by atoms with Crippen LogP contribution in [0.4, 0.5) is 0 Å². The summed E-state index contributed by atoms with van der Waals surface area (Å²) in [4.78, 5) is 12.7. The van der Waals surface area contributed by atoms with Crippen LogP contribution in [0.25, 0.3) is 0 Å². The van der Waals surface area contributed by atoms with Crippen LogP contribution in [0.2, 0.25) is 0 Å². The molecule has 0 saturated carbocycles. The first kappa shape index (κ1) is 13.2. The van der Waals surface area contributed by atoms with Gasteiger partial charge in [0.25, 0.3) is 0 Å². The first-order valence-electron chi connectivity index (χ1n) is 5.51. The zero-order valence-corrected chi connectivity index (χ0v) is 10.9. The summed E-state index contributed by atoms with van der Waals surface area (Å²) in [5.74, 6) is 0.158. The summed E-state index contributed by atoms with van der Waals surface area (Å²) in [6.45, 7) is 6.76. The van der Waals surface area contributed by atoms with Crippen molar-refractivity contribution in [3.8, 4) is 0 Å². The molecule has 0 aliphatic rings. The van der Waals surface area contributed by atoms with E-state index in [1.807, 2.05) is 18.4 Å². The number of nitrogens with two attached hydrogens (primary N) is 1. The summed E-state index contributed by atoms with van der Waals surface area (Å²) in [5, 5.41) is 5.29. The predicted octanol–water partition coefficient (Wildman–Crippen LogP) is 2.13. The highest BCUT2D eigenvalue weighted by atomic mass is 32.1. The number of carbonyl (C=O) groups is 1. The Balaban J connectivity index is 2.61. The second-order valence-electron chi connectivity index (χ2n) is 4.73. The number of hydrogen-bond donors (Lipinski definition) is 2. The van der Waals surface area contributed by atoms with Crippen molar-refractivity contribution < 1.29 is 4.79 Å². The Labute approximate surface area is 101 Å². The van der Waals surface area contributed by atoms with Crippen LogP contribution in [-0.2, 0) is 11.3 Å². The molecule has 0 spiro atoms. The summed E-state index contributed by atoms with van der Waals surface area (Å²) >= 11 is 1.68. The molecule has 1 unspecified atom stereocenters. The van der Waals surface area contributed by atoms with Crippen LogP contribution in [0.1, 0.15) is 32.1 Å². The Morgan fingerprint density at radius 1 is 1.62 bits per heavy atom. The van der Waals surface area contributed by atoms with Gasteiger partial charge in [-0.2, -0.15) is 0 Å². The molecule has 3 N–H and O–H groups in total. The number of carbonyl (C=O) groups excluding carboxylic acids is 1. The molecule has 0 fully saturated rings. The van der Waals surface area contributed by atoms with Crippen molar-refractivity contribution in [1.29, 1.82) is 0 Å². The molecule has 0 bridgehead atoms. The Bertz CT molecular complexity index is 335. The molecule has 0 aliphatic heterocycles. The summed E-state index contributed by atoms with van der Waals surface area (Å²) in [6, 6.07) is 4.06. The lowest BCUT2D eigenvalue weighted by Gasteiger charge is -2.29. The van der Waals surface area contributed by atoms with Gasteiger partial charge >= 0.3 is 0 Å². The van der Waals surface area contributed by atoms with Crippen molar-refractivity contribution in [3.05, 3.63) is 22.4 Å². The zero-order valence-electron chi connectivity index (χ0n) is 10.1. The fraction of sp³-hybridized carbons (Fsp3) is 0.583. The highest BCUT2D eigenvalue weighted by Gasteiger charge is 2.31. The van der Waals surface area contributed by atoms with Crippen LogP contribution in [0.5, 0.6) is 0 Å². The minimum Gasteiger partial charge on any atom is -0.368 e. The van der Waals surface area contributed by atoms with E-state index >= 15 is 0 Å². The summed E-state index contributed by atoms with van der Waals surface area (Å²) < 4.78 is 0. The lowest BCUT2D eigenvalue weighted by molar-refractivity contribution is -0.124. The Morgan fingerprint density at radius 2 is 2.31 bits per heavy atom. The van der Waals surface area contributed by atoms with E-state index in [9.17, 15) is 4.79 Å². The highest BCUT2D eigenvalue weighted by molar-refractivity contribution is 7.09. The Hall–Kier alpha value is -0.870. The molecule has 1 atom stereocenters. The molecule has 16 heavy (non-hydrogen) atoms. The first-order valence-corrected chi connectivity index (χ1v) is 6.39. The van der Waals surface area contributed by atoms with Crippen LogP contribution in [-0.4, -0.2) is 11.4 Å². The molecule has 1 rings (SSSR count). The molecule has 0 saturated heterocycles. The number of rotatable bonds is 6. The molecule has 0 aliphatic carbocycles. The van der Waals surface area contributed by atoms with E-state index in [1.165, 1.54) is 4.88 Å². The lowest BCUT2D eigenvalue weighted by Crippen LogP contribution is -2.53. The minimum atomic E-state index is -0.613. The van der Waals surface area contributed by atoms with Crippen molar-refractivity contribution in [2.24, 2.45) is 11.7 Å². The third kappa shape index (κ3) is 3.61. The molecular formula is C12H20N2OS. The van der Waals surface area contributed by atoms with Gasteiger partial charge in [-0.15, -0.1) is 11.3 Å². The highest BCUT2D eigenvalue weighted by Crippen LogP contribution is 2.18. The van der Waals surface area contributed by atoms with E-state index in [4.69, 9.17) is 5.73 Å². The third-order valence-electron chi connectivity index (χ3n) is 2.59. The van der Waals surface area contributed by atoms with Gasteiger partial charge in [0.1, 0.15) is 0 Å². The molecular weight excluding hydrogens is 220 g/mol. The summed E-state index contributed by atoms with van der Waals surface area (Å²) in [5.41, 5.74) is 4.85. The molecule has 1 heterocycles. The molecule has 4 heteroatoms. The topological polar surface area (TPSA) is 55.1 Å². The maximum absolute atomic E-state index is 11.5. The monoisotopic (exact) mass is 240 g/mol. The van der Waals surface area contributed by atoms with Gasteiger partial charge in [-0.3, -0.25) is 10.1 Å². The van der Waals surface area contributed by atoms with Crippen LogP contribution >= 0.6 is 11.3 Å². The first-order chi connectivity index (χ1) is 7.44. The number of amides is 1. The maximum atomic E-state index is 11.5. The van der Waals surface area contributed by atoms with E-state index in [-0.39, 0.29) is 5.91 Å². The fourth-order valence-corrected chi connectivity index (χ4v) is 2.42. The van der Waals surface area contributed by atoms with Crippen molar-refractivity contribution in [2.45, 2.75) is 39.3 Å². The second kappa shape index (κ2) is 5.46. The predicted molar refractivity (Wildman–Crippen MR) is 68.2 cm³/mol. The second-order valence-corrected chi connectivity index (χ2v) is 5.76. The molecule has 0 radical (unpaired) electrons. The average Bonchev–Trinajstić information content (AvgIpc) is 2.65. The number of thiophene rings is 1. The van der Waals surface area contributed by atoms with Gasteiger partial charge in [0.2, 0.25) is 5.91 Å². The SMILES string of the molecule is CC(C)CC(C)(NCc1cccs1)C(N)=O. The van der Waals surface area contributed by atoms with E-state index < -0.39 is 5.54 Å². The molecule has 90 valence electrons. The molecule has 0 aromatic carbocycles. The van der Waals surface area contributed by atoms with E-state index in [0.717, 1.165) is 6.42 Å². The van der Waals surface area contributed by atoms with Crippen molar-refractivity contribution >= 4 is 17.2 Å². The van der Waals surface area contributed by atoms with Gasteiger partial charge in [0, 0.05) is 11.4 Å². The molecule has 1 aromatic rings. The van der Waals surface area contributed by atoms with E-state index in [0.29, 0.717) is 12.5 Å². The standard InChI is InChI=1S/C12H20N2OS/c1-9(2)7-12(3,11(13)15)14-8-10-5-4-6-16-10/h4-6,9,14H,7-8H2,1-3H3,(H2,13,15). The summed E-state index contributed by atoms with van der Waals surface area (Å²) in [6.07, 6.45) is 0.758. The summed E-state index contributed by atoms with van der Waals surface area (Å²) in [7, 11) is 0. The van der Waals surface area contributed by atoms with Crippen LogP contribution in [0, 0.1) is 5.92 Å². The third-order valence-corrected chi connectivity index (χ3v) is 3.47. The molecule has 1 aromatic heterocycles. The van der Waals surface area contributed by atoms with Crippen molar-refractivity contribution in [1.82, 2.24) is 5.32 Å². The average molecular weight is 240 g/mol. The molecule has 3 nitrogen and oxygen atoms in total. The van der Waals surface area contributed by atoms with Crippen LogP contribution in [0.15, 0.2) is 17.5 Å². The van der Waals surface area contributed by atoms with Crippen molar-refractivity contribution in [3.63, 3.8) is 0 Å². The molecule has 1 amide bonds. The van der Waals surface area contributed by atoms with Gasteiger partial charge in [-0.25, -0.2) is 0 Å². The number of hydrogen-bond acceptors (Lipinski definition) is 3. The minimum absolute atomic E-state index is 0.280. The van der Waals surface area contributed by atoms with Gasteiger partial charge in [-0.1, -0.05) is 19.9 Å². The van der Waals surface area contributed by atoms with E-state index in [2.05, 4.69) is 25.2 Å². The largest absolute Gasteiger partial charge is 0.368 e. The van der Waals surface area contributed by atoms with Crippen LogP contribution in [0.3, 0.4) is 0 Å². The van der Waals surface area contributed by atoms with Crippen LogP contribution < -0.4 is 11.1 Å². The quantitative estimate of drug-likeness (QED) is 0.800. The Kier molecular flexibility index (Phi) is 4.50.